The first-order chi connectivity index (χ1) is 35.1. The molecule has 0 aliphatic carbocycles. The monoisotopic (exact) mass is 906 g/mol. The Morgan fingerprint density at radius 3 is 1.38 bits per heavy atom. The number of nitriles is 1. The molecule has 0 saturated heterocycles. The van der Waals surface area contributed by atoms with Crippen LogP contribution in [0, 0.1) is 17.9 Å². The van der Waals surface area contributed by atoms with Gasteiger partial charge in [0, 0.05) is 44.2 Å². The van der Waals surface area contributed by atoms with E-state index in [0.717, 1.165) is 88.8 Å². The Hall–Kier alpha value is -10.2. The van der Waals surface area contributed by atoms with E-state index in [1.807, 2.05) is 158 Å². The van der Waals surface area contributed by atoms with E-state index in [4.69, 9.17) is 31.5 Å². The molecule has 0 bridgehead atoms. The van der Waals surface area contributed by atoms with E-state index in [-0.39, 0.29) is 0 Å². The van der Waals surface area contributed by atoms with Crippen molar-refractivity contribution in [2.45, 2.75) is 0 Å². The summed E-state index contributed by atoms with van der Waals surface area (Å²) in [6.45, 7) is 8.01. The molecule has 0 fully saturated rings. The first-order valence-electron chi connectivity index (χ1n) is 23.2. The topological polar surface area (TPSA) is 97.5 Å². The second-order valence-corrected chi connectivity index (χ2v) is 17.0. The minimum absolute atomic E-state index is 0.511. The average Bonchev–Trinajstić information content (AvgIpc) is 3.78. The van der Waals surface area contributed by atoms with Crippen molar-refractivity contribution in [3.05, 3.63) is 248 Å². The molecule has 0 unspecified atom stereocenters. The molecule has 0 atom stereocenters. The van der Waals surface area contributed by atoms with Gasteiger partial charge < -0.3 is 4.57 Å². The van der Waals surface area contributed by atoms with E-state index in [1.54, 1.807) is 0 Å². The molecule has 0 radical (unpaired) electrons. The largest absolute Gasteiger partial charge is 0.309 e. The highest BCUT2D eigenvalue weighted by molar-refractivity contribution is 6.12. The fraction of sp³-hybridized carbons (Fsp3) is 0. The van der Waals surface area contributed by atoms with Crippen molar-refractivity contribution >= 4 is 27.5 Å². The van der Waals surface area contributed by atoms with Crippen LogP contribution in [0.3, 0.4) is 0 Å². The number of hydrogen-bond donors (Lipinski definition) is 0. The summed E-state index contributed by atoms with van der Waals surface area (Å²) in [6.07, 6.45) is 0. The van der Waals surface area contributed by atoms with E-state index in [2.05, 4.69) is 88.3 Å². The van der Waals surface area contributed by atoms with Gasteiger partial charge in [0.25, 0.3) is 0 Å². The Kier molecular flexibility index (Phi) is 10.8. The maximum absolute atomic E-state index is 10.2. The van der Waals surface area contributed by atoms with Crippen molar-refractivity contribution in [1.29, 1.82) is 5.26 Å². The minimum atomic E-state index is 0.511. The Labute approximate surface area is 410 Å². The summed E-state index contributed by atoms with van der Waals surface area (Å²) in [6, 6.07) is 79.2. The summed E-state index contributed by atoms with van der Waals surface area (Å²) in [5, 5.41) is 12.2. The summed E-state index contributed by atoms with van der Waals surface area (Å²) >= 11 is 0. The predicted molar refractivity (Wildman–Crippen MR) is 284 cm³/mol. The van der Waals surface area contributed by atoms with Crippen LogP contribution in [0.2, 0.25) is 0 Å². The van der Waals surface area contributed by atoms with Crippen molar-refractivity contribution in [1.82, 2.24) is 29.5 Å². The van der Waals surface area contributed by atoms with Crippen LogP contribution in [-0.2, 0) is 0 Å². The van der Waals surface area contributed by atoms with Crippen LogP contribution < -0.4 is 0 Å². The van der Waals surface area contributed by atoms with Crippen LogP contribution in [0.25, 0.3) is 123 Å². The Morgan fingerprint density at radius 1 is 0.366 bits per heavy atom. The van der Waals surface area contributed by atoms with Gasteiger partial charge in [-0.3, -0.25) is 0 Å². The third-order valence-electron chi connectivity index (χ3n) is 12.8. The van der Waals surface area contributed by atoms with Gasteiger partial charge in [-0.25, -0.2) is 29.8 Å². The van der Waals surface area contributed by atoms with Crippen molar-refractivity contribution in [3.63, 3.8) is 0 Å². The number of para-hydroxylation sites is 1. The summed E-state index contributed by atoms with van der Waals surface area (Å²) in [5.41, 5.74) is 14.1. The molecule has 0 saturated carbocycles. The number of benzene rings is 9. The number of hydrogen-bond acceptors (Lipinski definition) is 6. The second-order valence-electron chi connectivity index (χ2n) is 17.0. The van der Waals surface area contributed by atoms with Crippen molar-refractivity contribution in [2.24, 2.45) is 0 Å². The normalized spacial score (nSPS) is 11.1. The van der Waals surface area contributed by atoms with E-state index < -0.39 is 0 Å². The lowest BCUT2D eigenvalue weighted by Crippen LogP contribution is -2.03. The molecule has 0 aliphatic rings. The van der Waals surface area contributed by atoms with Gasteiger partial charge >= 0.3 is 0 Å². The lowest BCUT2D eigenvalue weighted by molar-refractivity contribution is 1.07. The fourth-order valence-corrected chi connectivity index (χ4v) is 9.34. The molecular formula is C63H38N8. The maximum Gasteiger partial charge on any atom is 0.194 e. The fourth-order valence-electron chi connectivity index (χ4n) is 9.34. The van der Waals surface area contributed by atoms with Gasteiger partial charge in [0.05, 0.1) is 46.3 Å². The van der Waals surface area contributed by atoms with Gasteiger partial charge in [-0.15, -0.1) is 0 Å². The highest BCUT2D eigenvalue weighted by atomic mass is 15.0. The third-order valence-corrected chi connectivity index (χ3v) is 12.8. The van der Waals surface area contributed by atoms with Crippen molar-refractivity contribution in [3.8, 4) is 102 Å². The molecule has 3 aromatic heterocycles. The molecule has 8 heteroatoms. The van der Waals surface area contributed by atoms with Crippen LogP contribution in [0.4, 0.5) is 5.69 Å². The first-order valence-corrected chi connectivity index (χ1v) is 23.2. The molecule has 330 valence electrons. The molecule has 3 heterocycles. The van der Waals surface area contributed by atoms with Crippen molar-refractivity contribution < 1.29 is 0 Å². The van der Waals surface area contributed by atoms with Gasteiger partial charge in [0.2, 0.25) is 0 Å². The third kappa shape index (κ3) is 7.94. The predicted octanol–water partition coefficient (Wildman–Crippen LogP) is 15.5. The quantitative estimate of drug-likeness (QED) is 0.134. The summed E-state index contributed by atoms with van der Waals surface area (Å²) in [4.78, 5) is 29.8. The minimum Gasteiger partial charge on any atom is -0.309 e. The first kappa shape index (κ1) is 42.2. The smallest absolute Gasteiger partial charge is 0.194 e. The van der Waals surface area contributed by atoms with E-state index in [0.29, 0.717) is 40.2 Å². The Bertz CT molecular complexity index is 3830. The van der Waals surface area contributed by atoms with E-state index in [9.17, 15) is 5.26 Å². The molecule has 0 aliphatic heterocycles. The molecule has 0 N–H and O–H groups in total. The molecule has 0 amide bonds. The van der Waals surface area contributed by atoms with Crippen LogP contribution in [-0.4, -0.2) is 29.5 Å². The lowest BCUT2D eigenvalue weighted by atomic mass is 9.97. The Morgan fingerprint density at radius 2 is 0.817 bits per heavy atom. The Balaban J connectivity index is 1.16. The molecule has 8 nitrogen and oxygen atoms in total. The van der Waals surface area contributed by atoms with Crippen LogP contribution in [0.1, 0.15) is 5.56 Å². The second kappa shape index (κ2) is 18.2. The molecular weight excluding hydrogens is 869 g/mol. The van der Waals surface area contributed by atoms with Crippen LogP contribution >= 0.6 is 0 Å². The zero-order valence-corrected chi connectivity index (χ0v) is 38.0. The zero-order valence-electron chi connectivity index (χ0n) is 38.0. The van der Waals surface area contributed by atoms with E-state index in [1.165, 1.54) is 0 Å². The molecule has 12 rings (SSSR count). The van der Waals surface area contributed by atoms with Gasteiger partial charge in [-0.05, 0) is 76.9 Å². The summed E-state index contributed by atoms with van der Waals surface area (Å²) in [5.74, 6) is 2.22. The van der Waals surface area contributed by atoms with Gasteiger partial charge in [0.15, 0.2) is 29.0 Å². The number of aromatic nitrogens is 6. The summed E-state index contributed by atoms with van der Waals surface area (Å²) in [7, 11) is 0. The van der Waals surface area contributed by atoms with Crippen molar-refractivity contribution in [2.75, 3.05) is 0 Å². The summed E-state index contributed by atoms with van der Waals surface area (Å²) < 4.78 is 2.29. The van der Waals surface area contributed by atoms with Crippen LogP contribution in [0.15, 0.2) is 231 Å². The number of nitrogens with zero attached hydrogens (tertiary/aromatic N) is 8. The molecule has 0 spiro atoms. The number of fused-ring (bicyclic) bond motifs is 3. The molecule has 12 aromatic rings. The van der Waals surface area contributed by atoms with Gasteiger partial charge in [-0.2, -0.15) is 5.26 Å². The van der Waals surface area contributed by atoms with Crippen LogP contribution in [0.5, 0.6) is 0 Å². The molecule has 71 heavy (non-hydrogen) atoms. The van der Waals surface area contributed by atoms with Gasteiger partial charge in [-0.1, -0.05) is 176 Å². The highest BCUT2D eigenvalue weighted by Crippen LogP contribution is 2.43. The number of rotatable bonds is 9. The van der Waals surface area contributed by atoms with E-state index >= 15 is 0 Å². The maximum atomic E-state index is 10.2. The molecule has 9 aromatic carbocycles. The van der Waals surface area contributed by atoms with Gasteiger partial charge in [0.1, 0.15) is 0 Å². The lowest BCUT2D eigenvalue weighted by Gasteiger charge is -2.17. The SMILES string of the molecule is [C-]#[N+]c1ccccc1-c1ccc2c(c1)c1cc(-c3ccccc3C#N)ccc1n2-c1ccc(-c2nc(-c3ccccc3)nc(-c3ccccc3)n2)cc1-c1cc(-c2ccccc2)nc(-c2ccccc2)n1. The average molecular weight is 907 g/mol. The zero-order chi connectivity index (χ0) is 47.7. The standard InChI is InChI=1S/C63H38N8/c1-65-54-29-17-16-28-50(54)46-31-34-58-52(37-46)51-36-45(49-27-15-14-26-48(49)40-64)30-33-57(51)71(58)59-35-32-47(63-69-61(43-22-10-4-11-23-43)68-62(70-63)44-24-12-5-13-25-44)38-53(59)56-39-55(41-18-6-2-7-19-41)66-60(67-56)42-20-8-3-9-21-42/h2-39H. The highest BCUT2D eigenvalue weighted by Gasteiger charge is 2.22.